The van der Waals surface area contributed by atoms with Gasteiger partial charge in [0.25, 0.3) is 0 Å². The fourth-order valence-electron chi connectivity index (χ4n) is 0.966. The van der Waals surface area contributed by atoms with E-state index in [4.69, 9.17) is 0 Å². The molecule has 0 radical (unpaired) electrons. The van der Waals surface area contributed by atoms with Crippen molar-refractivity contribution in [2.45, 2.75) is 51.7 Å². The Balaban J connectivity index is 3.03. The van der Waals surface area contributed by atoms with Crippen LogP contribution in [0, 0.1) is 5.92 Å². The maximum atomic E-state index is 4.33. The van der Waals surface area contributed by atoms with Crippen LogP contribution >= 0.6 is 12.6 Å². The minimum absolute atomic E-state index is 0.587. The summed E-state index contributed by atoms with van der Waals surface area (Å²) in [5, 5.41) is 0.587. The quantitative estimate of drug-likeness (QED) is 0.584. The lowest BCUT2D eigenvalue weighted by molar-refractivity contribution is 0.485. The molecule has 2 atom stereocenters. The van der Waals surface area contributed by atoms with Gasteiger partial charge in [0.2, 0.25) is 0 Å². The molecule has 0 saturated carbocycles. The normalized spacial score (nSPS) is 16.8. The summed E-state index contributed by atoms with van der Waals surface area (Å²) in [4.78, 5) is 0. The minimum Gasteiger partial charge on any atom is -0.176 e. The maximum absolute atomic E-state index is 4.33. The fourth-order valence-corrected chi connectivity index (χ4v) is 1.15. The van der Waals surface area contributed by atoms with E-state index >= 15 is 0 Å². The van der Waals surface area contributed by atoms with Crippen LogP contribution in [0.1, 0.15) is 46.5 Å². The van der Waals surface area contributed by atoms with Gasteiger partial charge in [0.1, 0.15) is 0 Å². The van der Waals surface area contributed by atoms with Crippen LogP contribution in [0.25, 0.3) is 0 Å². The standard InChI is InChI=1S/C9H20S/c1-4-8(2)6-5-7-9(3)10/h8-10H,4-7H2,1-3H3. The lowest BCUT2D eigenvalue weighted by atomic mass is 10.0. The van der Waals surface area contributed by atoms with Gasteiger partial charge < -0.3 is 0 Å². The molecule has 0 aliphatic carbocycles. The van der Waals surface area contributed by atoms with E-state index in [1.165, 1.54) is 25.7 Å². The first-order valence-electron chi connectivity index (χ1n) is 4.34. The van der Waals surface area contributed by atoms with Gasteiger partial charge in [-0.15, -0.1) is 0 Å². The van der Waals surface area contributed by atoms with E-state index in [1.807, 2.05) is 0 Å². The Labute approximate surface area is 70.8 Å². The van der Waals surface area contributed by atoms with Crippen molar-refractivity contribution in [3.63, 3.8) is 0 Å². The van der Waals surface area contributed by atoms with Gasteiger partial charge in [-0.2, -0.15) is 12.6 Å². The molecule has 0 bridgehead atoms. The molecule has 0 aromatic carbocycles. The average Bonchev–Trinajstić information content (AvgIpc) is 1.87. The molecule has 10 heavy (non-hydrogen) atoms. The zero-order valence-electron chi connectivity index (χ0n) is 7.43. The summed E-state index contributed by atoms with van der Waals surface area (Å²) in [5.41, 5.74) is 0. The van der Waals surface area contributed by atoms with Crippen molar-refractivity contribution in [1.82, 2.24) is 0 Å². The molecule has 0 aromatic heterocycles. The van der Waals surface area contributed by atoms with Crippen molar-refractivity contribution in [1.29, 1.82) is 0 Å². The van der Waals surface area contributed by atoms with E-state index in [9.17, 15) is 0 Å². The molecule has 2 unspecified atom stereocenters. The number of hydrogen-bond donors (Lipinski definition) is 1. The van der Waals surface area contributed by atoms with E-state index in [0.29, 0.717) is 5.25 Å². The fraction of sp³-hybridized carbons (Fsp3) is 1.00. The molecule has 0 rings (SSSR count). The van der Waals surface area contributed by atoms with Crippen LogP contribution in [0.5, 0.6) is 0 Å². The third kappa shape index (κ3) is 6.47. The van der Waals surface area contributed by atoms with Gasteiger partial charge in [-0.05, 0) is 17.6 Å². The van der Waals surface area contributed by atoms with Crippen LogP contribution in [0.2, 0.25) is 0 Å². The Morgan fingerprint density at radius 3 is 2.20 bits per heavy atom. The second-order valence-corrected chi connectivity index (χ2v) is 4.17. The molecular formula is C9H20S. The maximum Gasteiger partial charge on any atom is -0.00116 e. The predicted molar refractivity (Wildman–Crippen MR) is 51.8 cm³/mol. The lowest BCUT2D eigenvalue weighted by Gasteiger charge is -2.08. The molecule has 0 saturated heterocycles. The molecule has 0 amide bonds. The summed E-state index contributed by atoms with van der Waals surface area (Å²) < 4.78 is 0. The highest BCUT2D eigenvalue weighted by atomic mass is 32.1. The Morgan fingerprint density at radius 2 is 1.80 bits per heavy atom. The second-order valence-electron chi connectivity index (χ2n) is 3.29. The summed E-state index contributed by atoms with van der Waals surface area (Å²) in [6.45, 7) is 6.75. The van der Waals surface area contributed by atoms with E-state index in [-0.39, 0.29) is 0 Å². The highest BCUT2D eigenvalue weighted by molar-refractivity contribution is 7.80. The van der Waals surface area contributed by atoms with Crippen molar-refractivity contribution in [2.75, 3.05) is 0 Å². The van der Waals surface area contributed by atoms with Gasteiger partial charge in [-0.3, -0.25) is 0 Å². The summed E-state index contributed by atoms with van der Waals surface area (Å²) >= 11 is 4.33. The molecule has 0 aromatic rings. The Hall–Kier alpha value is 0.350. The van der Waals surface area contributed by atoms with Gasteiger partial charge in [-0.25, -0.2) is 0 Å². The summed E-state index contributed by atoms with van der Waals surface area (Å²) in [7, 11) is 0. The van der Waals surface area contributed by atoms with Gasteiger partial charge in [0.15, 0.2) is 0 Å². The number of thiol groups is 1. The first-order valence-corrected chi connectivity index (χ1v) is 4.86. The summed E-state index contributed by atoms with van der Waals surface area (Å²) in [6.07, 6.45) is 5.31. The molecule has 0 aliphatic heterocycles. The Bertz CT molecular complexity index is 69.1. The van der Waals surface area contributed by atoms with Gasteiger partial charge in [0, 0.05) is 0 Å². The first kappa shape index (κ1) is 10.3. The molecule has 0 heterocycles. The van der Waals surface area contributed by atoms with E-state index < -0.39 is 0 Å². The molecular weight excluding hydrogens is 140 g/mol. The Morgan fingerprint density at radius 1 is 1.20 bits per heavy atom. The Kier molecular flexibility index (Phi) is 6.30. The van der Waals surface area contributed by atoms with E-state index in [0.717, 1.165) is 5.92 Å². The van der Waals surface area contributed by atoms with Crippen LogP contribution in [0.3, 0.4) is 0 Å². The van der Waals surface area contributed by atoms with Crippen LogP contribution in [-0.2, 0) is 0 Å². The SMILES string of the molecule is CCC(C)CCCC(C)S. The molecule has 1 heteroatoms. The molecule has 0 fully saturated rings. The molecule has 0 nitrogen and oxygen atoms in total. The predicted octanol–water partition coefficient (Wildman–Crippen LogP) is 3.52. The smallest absolute Gasteiger partial charge is 0.00116 e. The van der Waals surface area contributed by atoms with E-state index in [2.05, 4.69) is 33.4 Å². The van der Waals surface area contributed by atoms with Crippen molar-refractivity contribution in [3.8, 4) is 0 Å². The van der Waals surface area contributed by atoms with Crippen molar-refractivity contribution in [3.05, 3.63) is 0 Å². The van der Waals surface area contributed by atoms with Crippen LogP contribution in [-0.4, -0.2) is 5.25 Å². The minimum atomic E-state index is 0.587. The summed E-state index contributed by atoms with van der Waals surface area (Å²) in [6, 6.07) is 0. The zero-order valence-corrected chi connectivity index (χ0v) is 8.32. The largest absolute Gasteiger partial charge is 0.176 e. The third-order valence-electron chi connectivity index (χ3n) is 2.02. The van der Waals surface area contributed by atoms with E-state index in [1.54, 1.807) is 0 Å². The molecule has 62 valence electrons. The average molecular weight is 160 g/mol. The van der Waals surface area contributed by atoms with Gasteiger partial charge in [0.05, 0.1) is 0 Å². The lowest BCUT2D eigenvalue weighted by Crippen LogP contribution is -1.95. The zero-order chi connectivity index (χ0) is 7.98. The van der Waals surface area contributed by atoms with Crippen molar-refractivity contribution in [2.24, 2.45) is 5.92 Å². The van der Waals surface area contributed by atoms with Crippen molar-refractivity contribution < 1.29 is 0 Å². The third-order valence-corrected chi connectivity index (χ3v) is 2.27. The van der Waals surface area contributed by atoms with Crippen molar-refractivity contribution >= 4 is 12.6 Å². The number of rotatable bonds is 5. The van der Waals surface area contributed by atoms with Crippen LogP contribution < -0.4 is 0 Å². The van der Waals surface area contributed by atoms with Crippen LogP contribution in [0.4, 0.5) is 0 Å². The van der Waals surface area contributed by atoms with Gasteiger partial charge in [-0.1, -0.05) is 40.0 Å². The highest BCUT2D eigenvalue weighted by Crippen LogP contribution is 2.13. The first-order chi connectivity index (χ1) is 4.66. The summed E-state index contributed by atoms with van der Waals surface area (Å²) in [5.74, 6) is 0.909. The molecule has 0 N–H and O–H groups in total. The topological polar surface area (TPSA) is 0 Å². The van der Waals surface area contributed by atoms with Crippen LogP contribution in [0.15, 0.2) is 0 Å². The monoisotopic (exact) mass is 160 g/mol. The molecule has 0 spiro atoms. The second kappa shape index (κ2) is 6.09. The van der Waals surface area contributed by atoms with Gasteiger partial charge >= 0.3 is 0 Å². The number of hydrogen-bond acceptors (Lipinski definition) is 1. The highest BCUT2D eigenvalue weighted by Gasteiger charge is 1.99. The molecule has 0 aliphatic rings.